The van der Waals surface area contributed by atoms with E-state index in [-0.39, 0.29) is 17.9 Å². The number of nitrogens with zero attached hydrogens (tertiary/aromatic N) is 2. The summed E-state index contributed by atoms with van der Waals surface area (Å²) in [6, 6.07) is 4.80. The molecule has 0 spiro atoms. The summed E-state index contributed by atoms with van der Waals surface area (Å²) in [7, 11) is 0. The predicted octanol–water partition coefficient (Wildman–Crippen LogP) is 3.86. The van der Waals surface area contributed by atoms with E-state index >= 15 is 0 Å². The van der Waals surface area contributed by atoms with Gasteiger partial charge >= 0.3 is 6.18 Å². The molecule has 1 saturated carbocycles. The molecule has 1 aromatic rings. The zero-order valence-corrected chi connectivity index (χ0v) is 15.2. The first-order valence-electron chi connectivity index (χ1n) is 8.64. The third-order valence-electron chi connectivity index (χ3n) is 4.77. The molecule has 0 aliphatic heterocycles. The number of hydrogen-bond acceptors (Lipinski definition) is 3. The van der Waals surface area contributed by atoms with Crippen LogP contribution in [0, 0.1) is 24.2 Å². The van der Waals surface area contributed by atoms with Crippen LogP contribution in [0.15, 0.2) is 24.3 Å². The summed E-state index contributed by atoms with van der Waals surface area (Å²) < 4.78 is 42.3. The lowest BCUT2D eigenvalue weighted by molar-refractivity contribution is -0.200. The van der Waals surface area contributed by atoms with Gasteiger partial charge in [-0.15, -0.1) is 0 Å². The van der Waals surface area contributed by atoms with Gasteiger partial charge in [-0.1, -0.05) is 43.7 Å². The molecule has 1 aromatic carbocycles. The van der Waals surface area contributed by atoms with E-state index in [4.69, 9.17) is 5.73 Å². The van der Waals surface area contributed by atoms with E-state index in [0.717, 1.165) is 10.5 Å². The van der Waals surface area contributed by atoms with Gasteiger partial charge in [0.15, 0.2) is 0 Å². The molecule has 0 unspecified atom stereocenters. The average molecular weight is 367 g/mol. The number of rotatable bonds is 7. The Bertz CT molecular complexity index is 687. The number of benzene rings is 1. The fourth-order valence-electron chi connectivity index (χ4n) is 3.34. The zero-order chi connectivity index (χ0) is 19.7. The minimum Gasteiger partial charge on any atom is -0.368 e. The molecule has 2 N–H and O–H groups in total. The number of carbonyl (C=O) groups is 1. The van der Waals surface area contributed by atoms with Gasteiger partial charge in [0, 0.05) is 0 Å². The standard InChI is InChI=1S/C19H24F3N3O/c1-12(2)10-15(17(24)26)25(18(11-23)8-9-18)16(19(20,21)22)14-6-4-13(3)5-7-14/h4-7,12,15-16H,8-10H2,1-3H3,(H2,24,26)/t15-,16-/m0/s1. The van der Waals surface area contributed by atoms with Gasteiger partial charge in [0.25, 0.3) is 0 Å². The van der Waals surface area contributed by atoms with Crippen molar-refractivity contribution in [2.24, 2.45) is 11.7 Å². The maximum atomic E-state index is 14.1. The number of hydrogen-bond donors (Lipinski definition) is 1. The number of nitriles is 1. The summed E-state index contributed by atoms with van der Waals surface area (Å²) in [4.78, 5) is 13.1. The second kappa shape index (κ2) is 7.28. The van der Waals surface area contributed by atoms with Crippen molar-refractivity contribution in [3.8, 4) is 6.07 Å². The third kappa shape index (κ3) is 4.18. The van der Waals surface area contributed by atoms with Gasteiger partial charge in [-0.25, -0.2) is 0 Å². The van der Waals surface area contributed by atoms with Crippen molar-refractivity contribution in [2.45, 2.75) is 63.8 Å². The van der Waals surface area contributed by atoms with Gasteiger partial charge in [0.1, 0.15) is 11.6 Å². The van der Waals surface area contributed by atoms with Crippen LogP contribution in [-0.2, 0) is 4.79 Å². The predicted molar refractivity (Wildman–Crippen MR) is 91.8 cm³/mol. The molecule has 0 heterocycles. The monoisotopic (exact) mass is 367 g/mol. The molecule has 7 heteroatoms. The van der Waals surface area contributed by atoms with Crippen LogP contribution in [0.25, 0.3) is 0 Å². The summed E-state index contributed by atoms with van der Waals surface area (Å²) in [5, 5.41) is 9.59. The highest BCUT2D eigenvalue weighted by Gasteiger charge is 2.60. The lowest BCUT2D eigenvalue weighted by Gasteiger charge is -2.41. The lowest BCUT2D eigenvalue weighted by Crippen LogP contribution is -2.56. The van der Waals surface area contributed by atoms with Crippen molar-refractivity contribution in [3.63, 3.8) is 0 Å². The number of amides is 1. The van der Waals surface area contributed by atoms with Gasteiger partial charge in [0.05, 0.1) is 12.1 Å². The van der Waals surface area contributed by atoms with Crippen molar-refractivity contribution >= 4 is 5.91 Å². The van der Waals surface area contributed by atoms with Crippen LogP contribution in [0.4, 0.5) is 13.2 Å². The number of nitrogens with two attached hydrogens (primary N) is 1. The molecule has 2 rings (SSSR count). The number of alkyl halides is 3. The van der Waals surface area contributed by atoms with Gasteiger partial charge in [-0.2, -0.15) is 18.4 Å². The smallest absolute Gasteiger partial charge is 0.368 e. The Labute approximate surface area is 151 Å². The van der Waals surface area contributed by atoms with E-state index in [0.29, 0.717) is 12.8 Å². The molecule has 0 saturated heterocycles. The van der Waals surface area contributed by atoms with E-state index < -0.39 is 29.7 Å². The highest BCUT2D eigenvalue weighted by molar-refractivity contribution is 5.80. The maximum Gasteiger partial charge on any atom is 0.408 e. The first-order chi connectivity index (χ1) is 12.0. The quantitative estimate of drug-likeness (QED) is 0.796. The van der Waals surface area contributed by atoms with Crippen molar-refractivity contribution in [2.75, 3.05) is 0 Å². The normalized spacial score (nSPS) is 18.4. The van der Waals surface area contributed by atoms with Crippen molar-refractivity contribution in [3.05, 3.63) is 35.4 Å². The zero-order valence-electron chi connectivity index (χ0n) is 15.2. The van der Waals surface area contributed by atoms with E-state index in [2.05, 4.69) is 0 Å². The number of carbonyl (C=O) groups excluding carboxylic acids is 1. The molecular formula is C19H24F3N3O. The summed E-state index contributed by atoms with van der Waals surface area (Å²) in [6.07, 6.45) is -3.89. The molecule has 2 atom stereocenters. The Morgan fingerprint density at radius 1 is 1.31 bits per heavy atom. The van der Waals surface area contributed by atoms with Crippen LogP contribution in [-0.4, -0.2) is 28.6 Å². The van der Waals surface area contributed by atoms with Gasteiger partial charge < -0.3 is 5.73 Å². The summed E-state index contributed by atoms with van der Waals surface area (Å²) in [6.45, 7) is 5.41. The van der Waals surface area contributed by atoms with Crippen LogP contribution < -0.4 is 5.73 Å². The van der Waals surface area contributed by atoms with Crippen LogP contribution >= 0.6 is 0 Å². The Balaban J connectivity index is 2.61. The number of halogens is 3. The summed E-state index contributed by atoms with van der Waals surface area (Å²) >= 11 is 0. The second-order valence-corrected chi connectivity index (χ2v) is 7.45. The first kappa shape index (κ1) is 20.2. The molecule has 4 nitrogen and oxygen atoms in total. The average Bonchev–Trinajstić information content (AvgIpc) is 3.31. The molecule has 1 amide bonds. The fraction of sp³-hybridized carbons (Fsp3) is 0.579. The molecular weight excluding hydrogens is 343 g/mol. The van der Waals surface area contributed by atoms with Crippen molar-refractivity contribution < 1.29 is 18.0 Å². The summed E-state index contributed by atoms with van der Waals surface area (Å²) in [5.41, 5.74) is 5.03. The van der Waals surface area contributed by atoms with Crippen LogP contribution in [0.1, 0.15) is 50.3 Å². The SMILES string of the molecule is Cc1ccc([C@H](N([C@@H](CC(C)C)C(N)=O)C2(C#N)CC2)C(F)(F)F)cc1. The van der Waals surface area contributed by atoms with E-state index in [1.54, 1.807) is 19.1 Å². The van der Waals surface area contributed by atoms with Gasteiger partial charge in [-0.3, -0.25) is 9.69 Å². The molecule has 1 fully saturated rings. The summed E-state index contributed by atoms with van der Waals surface area (Å²) in [5.74, 6) is -0.877. The first-order valence-corrected chi connectivity index (χ1v) is 8.64. The molecule has 0 aromatic heterocycles. The Morgan fingerprint density at radius 3 is 2.19 bits per heavy atom. The number of aryl methyl sites for hydroxylation is 1. The molecule has 1 aliphatic rings. The minimum absolute atomic E-state index is 0.0135. The molecule has 0 bridgehead atoms. The van der Waals surface area contributed by atoms with Gasteiger partial charge in [-0.05, 0) is 37.7 Å². The van der Waals surface area contributed by atoms with Crippen molar-refractivity contribution in [1.29, 1.82) is 5.26 Å². The molecule has 26 heavy (non-hydrogen) atoms. The third-order valence-corrected chi connectivity index (χ3v) is 4.77. The van der Waals surface area contributed by atoms with Gasteiger partial charge in [0.2, 0.25) is 5.91 Å². The highest BCUT2D eigenvalue weighted by atomic mass is 19.4. The fourth-order valence-corrected chi connectivity index (χ4v) is 3.34. The lowest BCUT2D eigenvalue weighted by atomic mass is 9.94. The molecule has 142 valence electrons. The largest absolute Gasteiger partial charge is 0.408 e. The second-order valence-electron chi connectivity index (χ2n) is 7.45. The topological polar surface area (TPSA) is 70.1 Å². The molecule has 0 radical (unpaired) electrons. The van der Waals surface area contributed by atoms with E-state index in [1.807, 2.05) is 19.9 Å². The maximum absolute atomic E-state index is 14.1. The minimum atomic E-state index is -4.65. The Morgan fingerprint density at radius 2 is 1.85 bits per heavy atom. The van der Waals surface area contributed by atoms with E-state index in [1.165, 1.54) is 12.1 Å². The van der Waals surface area contributed by atoms with Crippen LogP contribution in [0.2, 0.25) is 0 Å². The highest BCUT2D eigenvalue weighted by Crippen LogP contribution is 2.51. The van der Waals surface area contributed by atoms with Crippen molar-refractivity contribution in [1.82, 2.24) is 4.90 Å². The molecule has 1 aliphatic carbocycles. The Hall–Kier alpha value is -2.07. The van der Waals surface area contributed by atoms with E-state index in [9.17, 15) is 23.2 Å². The van der Waals surface area contributed by atoms with Crippen LogP contribution in [0.5, 0.6) is 0 Å². The van der Waals surface area contributed by atoms with Crippen LogP contribution in [0.3, 0.4) is 0 Å². The Kier molecular flexibility index (Phi) is 5.67. The number of primary amides is 1.